The third kappa shape index (κ3) is 4.18. The summed E-state index contributed by atoms with van der Waals surface area (Å²) in [5.74, 6) is 1.31. The number of anilines is 1. The summed E-state index contributed by atoms with van der Waals surface area (Å²) >= 11 is 5.87. The second-order valence-corrected chi connectivity index (χ2v) is 8.32. The van der Waals surface area contributed by atoms with E-state index < -0.39 is 9.84 Å². The normalized spacial score (nSPS) is 11.1. The summed E-state index contributed by atoms with van der Waals surface area (Å²) < 4.78 is 37.1. The molecule has 1 aromatic heterocycles. The minimum absolute atomic E-state index is 0.0673. The molecule has 0 aliphatic heterocycles. The Kier molecular flexibility index (Phi) is 5.71. The van der Waals surface area contributed by atoms with Crippen LogP contribution in [0.15, 0.2) is 64.5 Å². The minimum Gasteiger partial charge on any atom is -0.497 e. The van der Waals surface area contributed by atoms with E-state index in [-0.39, 0.29) is 15.7 Å². The Bertz CT molecular complexity index is 1070. The van der Waals surface area contributed by atoms with Gasteiger partial charge in [-0.2, -0.15) is 4.98 Å². The number of ether oxygens (including phenoxy) is 2. The second kappa shape index (κ2) is 8.04. The standard InChI is InChI=1S/C19H18ClN3O4S/c1-23(2)19-21-12-17(28(24,25)16-10-4-13(20)5-11-16)18(22-19)27-15-8-6-14(26-3)7-9-15/h4-12H,1-3H3. The van der Waals surface area contributed by atoms with E-state index in [0.29, 0.717) is 22.5 Å². The van der Waals surface area contributed by atoms with Gasteiger partial charge in [0.05, 0.1) is 18.2 Å². The van der Waals surface area contributed by atoms with Crippen molar-refractivity contribution in [3.63, 3.8) is 0 Å². The molecule has 28 heavy (non-hydrogen) atoms. The first-order valence-corrected chi connectivity index (χ1v) is 10.0. The predicted octanol–water partition coefficient (Wildman–Crippen LogP) is 3.83. The quantitative estimate of drug-likeness (QED) is 0.600. The summed E-state index contributed by atoms with van der Waals surface area (Å²) in [6.45, 7) is 0. The second-order valence-electron chi connectivity index (χ2n) is 5.97. The van der Waals surface area contributed by atoms with Crippen LogP contribution in [0.1, 0.15) is 0 Å². The monoisotopic (exact) mass is 419 g/mol. The zero-order valence-electron chi connectivity index (χ0n) is 15.5. The van der Waals surface area contributed by atoms with Crippen molar-refractivity contribution in [1.29, 1.82) is 0 Å². The fourth-order valence-corrected chi connectivity index (χ4v) is 3.70. The lowest BCUT2D eigenvalue weighted by Gasteiger charge is -2.15. The van der Waals surface area contributed by atoms with Gasteiger partial charge in [-0.1, -0.05) is 11.6 Å². The average Bonchev–Trinajstić information content (AvgIpc) is 2.68. The Balaban J connectivity index is 2.08. The van der Waals surface area contributed by atoms with Crippen molar-refractivity contribution in [2.75, 3.05) is 26.1 Å². The molecular formula is C19H18ClN3O4S. The largest absolute Gasteiger partial charge is 0.497 e. The number of nitrogens with zero attached hydrogens (tertiary/aromatic N) is 3. The van der Waals surface area contributed by atoms with Crippen LogP contribution in [-0.2, 0) is 9.84 Å². The summed E-state index contributed by atoms with van der Waals surface area (Å²) in [7, 11) is 1.14. The number of hydrogen-bond acceptors (Lipinski definition) is 7. The van der Waals surface area contributed by atoms with Crippen molar-refractivity contribution in [3.05, 3.63) is 59.8 Å². The van der Waals surface area contributed by atoms with Gasteiger partial charge in [-0.05, 0) is 48.5 Å². The molecule has 0 N–H and O–H groups in total. The molecule has 1 heterocycles. The first kappa shape index (κ1) is 19.9. The van der Waals surface area contributed by atoms with Crippen LogP contribution in [0.5, 0.6) is 17.4 Å². The molecule has 146 valence electrons. The highest BCUT2D eigenvalue weighted by molar-refractivity contribution is 7.91. The SMILES string of the molecule is COc1ccc(Oc2nc(N(C)C)ncc2S(=O)(=O)c2ccc(Cl)cc2)cc1. The molecule has 0 bridgehead atoms. The van der Waals surface area contributed by atoms with Crippen LogP contribution < -0.4 is 14.4 Å². The molecule has 0 radical (unpaired) electrons. The Morgan fingerprint density at radius 1 is 0.964 bits per heavy atom. The van der Waals surface area contributed by atoms with Crippen molar-refractivity contribution in [2.24, 2.45) is 0 Å². The van der Waals surface area contributed by atoms with E-state index in [1.807, 2.05) is 0 Å². The third-order valence-electron chi connectivity index (χ3n) is 3.80. The van der Waals surface area contributed by atoms with Crippen molar-refractivity contribution in [3.8, 4) is 17.4 Å². The van der Waals surface area contributed by atoms with E-state index in [4.69, 9.17) is 21.1 Å². The van der Waals surface area contributed by atoms with E-state index >= 15 is 0 Å². The Morgan fingerprint density at radius 3 is 2.14 bits per heavy atom. The van der Waals surface area contributed by atoms with Gasteiger partial charge >= 0.3 is 0 Å². The number of aromatic nitrogens is 2. The van der Waals surface area contributed by atoms with Crippen LogP contribution in [0.3, 0.4) is 0 Å². The summed E-state index contributed by atoms with van der Waals surface area (Å²) in [5, 5.41) is 0.438. The third-order valence-corrected chi connectivity index (χ3v) is 5.80. The van der Waals surface area contributed by atoms with Crippen LogP contribution in [0.4, 0.5) is 5.95 Å². The molecule has 0 aliphatic carbocycles. The number of rotatable bonds is 6. The van der Waals surface area contributed by atoms with E-state index in [2.05, 4.69) is 9.97 Å². The summed E-state index contributed by atoms with van der Waals surface area (Å²) in [6, 6.07) is 12.6. The maximum absolute atomic E-state index is 13.1. The highest BCUT2D eigenvalue weighted by atomic mass is 35.5. The summed E-state index contributed by atoms with van der Waals surface area (Å²) in [6.07, 6.45) is 1.24. The maximum atomic E-state index is 13.1. The predicted molar refractivity (Wildman–Crippen MR) is 106 cm³/mol. The lowest BCUT2D eigenvalue weighted by atomic mass is 10.3. The molecule has 0 atom stereocenters. The molecule has 0 amide bonds. The molecule has 7 nitrogen and oxygen atoms in total. The van der Waals surface area contributed by atoms with Crippen LogP contribution in [0.25, 0.3) is 0 Å². The maximum Gasteiger partial charge on any atom is 0.243 e. The molecule has 9 heteroatoms. The minimum atomic E-state index is -3.91. The van der Waals surface area contributed by atoms with Crippen LogP contribution in [0, 0.1) is 0 Å². The van der Waals surface area contributed by atoms with E-state index in [0.717, 1.165) is 0 Å². The van der Waals surface area contributed by atoms with Gasteiger partial charge in [0.2, 0.25) is 21.7 Å². The zero-order valence-corrected chi connectivity index (χ0v) is 17.0. The lowest BCUT2D eigenvalue weighted by molar-refractivity contribution is 0.411. The number of methoxy groups -OCH3 is 1. The molecule has 0 aliphatic rings. The molecule has 0 spiro atoms. The highest BCUT2D eigenvalue weighted by Gasteiger charge is 2.25. The van der Waals surface area contributed by atoms with Gasteiger partial charge in [0.25, 0.3) is 0 Å². The summed E-state index contributed by atoms with van der Waals surface area (Å²) in [4.78, 5) is 9.98. The topological polar surface area (TPSA) is 81.6 Å². The van der Waals surface area contributed by atoms with Gasteiger partial charge in [-0.3, -0.25) is 0 Å². The van der Waals surface area contributed by atoms with Crippen molar-refractivity contribution < 1.29 is 17.9 Å². The van der Waals surface area contributed by atoms with Crippen molar-refractivity contribution in [1.82, 2.24) is 9.97 Å². The van der Waals surface area contributed by atoms with Gasteiger partial charge in [-0.15, -0.1) is 0 Å². The van der Waals surface area contributed by atoms with Crippen LogP contribution >= 0.6 is 11.6 Å². The van der Waals surface area contributed by atoms with Gasteiger partial charge < -0.3 is 14.4 Å². The van der Waals surface area contributed by atoms with Crippen molar-refractivity contribution in [2.45, 2.75) is 9.79 Å². The molecule has 2 aromatic carbocycles. The Labute approximate surface area is 168 Å². The number of sulfone groups is 1. The Hall–Kier alpha value is -2.84. The number of hydrogen-bond donors (Lipinski definition) is 0. The molecule has 3 aromatic rings. The van der Waals surface area contributed by atoms with Crippen molar-refractivity contribution >= 4 is 27.4 Å². The number of halogens is 1. The van der Waals surface area contributed by atoms with Gasteiger partial charge in [0.1, 0.15) is 11.5 Å². The average molecular weight is 420 g/mol. The molecule has 0 saturated heterocycles. The first-order valence-electron chi connectivity index (χ1n) is 8.18. The molecular weight excluding hydrogens is 402 g/mol. The summed E-state index contributed by atoms with van der Waals surface area (Å²) in [5.41, 5.74) is 0. The smallest absolute Gasteiger partial charge is 0.243 e. The molecule has 0 unspecified atom stereocenters. The molecule has 3 rings (SSSR count). The lowest BCUT2D eigenvalue weighted by Crippen LogP contribution is -2.15. The van der Waals surface area contributed by atoms with Crippen LogP contribution in [-0.4, -0.2) is 39.6 Å². The van der Waals surface area contributed by atoms with E-state index in [1.54, 1.807) is 50.4 Å². The van der Waals surface area contributed by atoms with Gasteiger partial charge in [0.15, 0.2) is 4.90 Å². The van der Waals surface area contributed by atoms with E-state index in [1.165, 1.54) is 30.5 Å². The Morgan fingerprint density at radius 2 is 1.57 bits per heavy atom. The fraction of sp³-hybridized carbons (Fsp3) is 0.158. The van der Waals surface area contributed by atoms with Crippen LogP contribution in [0.2, 0.25) is 5.02 Å². The van der Waals surface area contributed by atoms with Gasteiger partial charge in [-0.25, -0.2) is 13.4 Å². The van der Waals surface area contributed by atoms with E-state index in [9.17, 15) is 8.42 Å². The fourth-order valence-electron chi connectivity index (χ4n) is 2.32. The molecule has 0 fully saturated rings. The zero-order chi connectivity index (χ0) is 20.3. The molecule has 0 saturated carbocycles. The highest BCUT2D eigenvalue weighted by Crippen LogP contribution is 2.32. The van der Waals surface area contributed by atoms with Gasteiger partial charge in [0, 0.05) is 19.1 Å². The number of benzene rings is 2. The first-order chi connectivity index (χ1) is 13.3.